The fourth-order valence-corrected chi connectivity index (χ4v) is 3.14. The molecule has 0 aliphatic carbocycles. The van der Waals surface area contributed by atoms with Crippen LogP contribution in [0.4, 0.5) is 0 Å². The summed E-state index contributed by atoms with van der Waals surface area (Å²) in [5.41, 5.74) is 6.12. The van der Waals surface area contributed by atoms with Gasteiger partial charge in [-0.05, 0) is 46.9 Å². The molecule has 2 N–H and O–H groups in total. The van der Waals surface area contributed by atoms with Gasteiger partial charge in [-0.1, -0.05) is 65.8 Å². The fraction of sp³-hybridized carbons (Fsp3) is 0.231. The van der Waals surface area contributed by atoms with Crippen LogP contribution in [0.25, 0.3) is 11.1 Å². The van der Waals surface area contributed by atoms with Crippen molar-refractivity contribution in [2.24, 2.45) is 5.16 Å². The number of oxime groups is 1. The molecule has 0 atom stereocenters. The second kappa shape index (κ2) is 11.7. The van der Waals surface area contributed by atoms with Gasteiger partial charge in [-0.2, -0.15) is 0 Å². The van der Waals surface area contributed by atoms with Gasteiger partial charge in [-0.15, -0.1) is 0 Å². The highest BCUT2D eigenvalue weighted by Crippen LogP contribution is 2.24. The van der Waals surface area contributed by atoms with Crippen molar-refractivity contribution in [1.29, 1.82) is 0 Å². The Bertz CT molecular complexity index is 1040. The minimum atomic E-state index is -0.799. The molecular weight excluding hydrogens is 404 g/mol. The summed E-state index contributed by atoms with van der Waals surface area (Å²) in [4.78, 5) is 16.1. The summed E-state index contributed by atoms with van der Waals surface area (Å²) in [7, 11) is 1.67. The number of aliphatic carboxylic acids is 1. The number of nitrogens with one attached hydrogen (secondary N) is 1. The SMILES string of the molecule is COc1cccc(-c2ccc(CO/N=C(/C)c3ccc(CNCCC(=O)O)cc3)cc2)c1. The van der Waals surface area contributed by atoms with Gasteiger partial charge in [0.05, 0.1) is 19.2 Å². The van der Waals surface area contributed by atoms with E-state index in [1.54, 1.807) is 7.11 Å². The number of rotatable bonds is 11. The standard InChI is InChI=1S/C26H28N2O4/c1-19(22-10-6-20(7-11-22)17-27-15-14-26(29)30)28-32-18-21-8-12-23(13-9-21)24-4-3-5-25(16-24)31-2/h3-13,16,27H,14-15,17-18H2,1-2H3,(H,29,30)/b28-19-. The molecular formula is C26H28N2O4. The molecule has 0 bridgehead atoms. The van der Waals surface area contributed by atoms with Crippen LogP contribution in [0.2, 0.25) is 0 Å². The van der Waals surface area contributed by atoms with Gasteiger partial charge >= 0.3 is 5.97 Å². The first-order chi connectivity index (χ1) is 15.5. The summed E-state index contributed by atoms with van der Waals surface area (Å²) in [5.74, 6) is 0.0368. The molecule has 3 aromatic rings. The van der Waals surface area contributed by atoms with Crippen molar-refractivity contribution >= 4 is 11.7 Å². The van der Waals surface area contributed by atoms with Crippen LogP contribution in [0.15, 0.2) is 78.0 Å². The van der Waals surface area contributed by atoms with E-state index in [-0.39, 0.29) is 6.42 Å². The molecule has 6 nitrogen and oxygen atoms in total. The van der Waals surface area contributed by atoms with E-state index < -0.39 is 5.97 Å². The molecule has 0 radical (unpaired) electrons. The third-order valence-electron chi connectivity index (χ3n) is 5.01. The van der Waals surface area contributed by atoms with Crippen LogP contribution in [-0.2, 0) is 22.8 Å². The summed E-state index contributed by atoms with van der Waals surface area (Å²) in [6.07, 6.45) is 0.116. The van der Waals surface area contributed by atoms with Crippen LogP contribution in [0, 0.1) is 0 Å². The predicted octanol–water partition coefficient (Wildman–Crippen LogP) is 4.87. The Hall–Kier alpha value is -3.64. The molecule has 0 saturated carbocycles. The Labute approximate surface area is 188 Å². The molecule has 0 aromatic heterocycles. The fourth-order valence-electron chi connectivity index (χ4n) is 3.14. The van der Waals surface area contributed by atoms with E-state index >= 15 is 0 Å². The summed E-state index contributed by atoms with van der Waals surface area (Å²) in [6.45, 7) is 3.38. The number of ether oxygens (including phenoxy) is 1. The van der Waals surface area contributed by atoms with Crippen LogP contribution >= 0.6 is 0 Å². The number of nitrogens with zero attached hydrogens (tertiary/aromatic N) is 1. The molecule has 0 heterocycles. The lowest BCUT2D eigenvalue weighted by atomic mass is 10.0. The molecule has 0 spiro atoms. The highest BCUT2D eigenvalue weighted by molar-refractivity contribution is 5.98. The summed E-state index contributed by atoms with van der Waals surface area (Å²) < 4.78 is 5.29. The van der Waals surface area contributed by atoms with E-state index in [4.69, 9.17) is 14.7 Å². The van der Waals surface area contributed by atoms with Gasteiger partial charge in [0.2, 0.25) is 0 Å². The number of carboxylic acid groups (broad SMARTS) is 1. The summed E-state index contributed by atoms with van der Waals surface area (Å²) >= 11 is 0. The minimum absolute atomic E-state index is 0.116. The van der Waals surface area contributed by atoms with Gasteiger partial charge in [0.25, 0.3) is 0 Å². The molecule has 0 aliphatic rings. The third kappa shape index (κ3) is 6.96. The van der Waals surface area contributed by atoms with Gasteiger partial charge in [-0.25, -0.2) is 0 Å². The zero-order valence-corrected chi connectivity index (χ0v) is 18.4. The largest absolute Gasteiger partial charge is 0.497 e. The van der Waals surface area contributed by atoms with Crippen LogP contribution in [0.5, 0.6) is 5.75 Å². The van der Waals surface area contributed by atoms with Crippen molar-refractivity contribution in [3.8, 4) is 16.9 Å². The molecule has 0 amide bonds. The topological polar surface area (TPSA) is 80.2 Å². The second-order valence-corrected chi connectivity index (χ2v) is 7.40. The highest BCUT2D eigenvalue weighted by Gasteiger charge is 2.03. The van der Waals surface area contributed by atoms with Gasteiger partial charge < -0.3 is 20.0 Å². The number of hydrogen-bond donors (Lipinski definition) is 2. The average molecular weight is 433 g/mol. The zero-order valence-electron chi connectivity index (χ0n) is 18.4. The van der Waals surface area contributed by atoms with Crippen molar-refractivity contribution in [2.45, 2.75) is 26.5 Å². The van der Waals surface area contributed by atoms with Gasteiger partial charge in [0.1, 0.15) is 12.4 Å². The van der Waals surface area contributed by atoms with E-state index in [0.717, 1.165) is 39.3 Å². The van der Waals surface area contributed by atoms with E-state index in [2.05, 4.69) is 28.7 Å². The first-order valence-corrected chi connectivity index (χ1v) is 10.5. The Kier molecular flexibility index (Phi) is 8.40. The second-order valence-electron chi connectivity index (χ2n) is 7.40. The smallest absolute Gasteiger partial charge is 0.304 e. The monoisotopic (exact) mass is 432 g/mol. The maximum atomic E-state index is 10.5. The van der Waals surface area contributed by atoms with Crippen LogP contribution in [0.3, 0.4) is 0 Å². The molecule has 3 aromatic carbocycles. The molecule has 0 aliphatic heterocycles. The quantitative estimate of drug-likeness (QED) is 0.257. The van der Waals surface area contributed by atoms with E-state index in [1.807, 2.05) is 61.5 Å². The minimum Gasteiger partial charge on any atom is -0.497 e. The highest BCUT2D eigenvalue weighted by atomic mass is 16.6. The molecule has 6 heteroatoms. The predicted molar refractivity (Wildman–Crippen MR) is 126 cm³/mol. The van der Waals surface area contributed by atoms with Crippen molar-refractivity contribution in [1.82, 2.24) is 5.32 Å². The number of carboxylic acids is 1. The van der Waals surface area contributed by atoms with Crippen molar-refractivity contribution in [3.05, 3.63) is 89.5 Å². The average Bonchev–Trinajstić information content (AvgIpc) is 2.82. The number of benzene rings is 3. The molecule has 32 heavy (non-hydrogen) atoms. The molecule has 166 valence electrons. The third-order valence-corrected chi connectivity index (χ3v) is 5.01. The molecule has 0 unspecified atom stereocenters. The molecule has 0 fully saturated rings. The lowest BCUT2D eigenvalue weighted by molar-refractivity contribution is -0.136. The Morgan fingerprint density at radius 3 is 2.38 bits per heavy atom. The van der Waals surface area contributed by atoms with Crippen molar-refractivity contribution in [2.75, 3.05) is 13.7 Å². The Morgan fingerprint density at radius 1 is 0.969 bits per heavy atom. The van der Waals surface area contributed by atoms with Crippen LogP contribution in [0.1, 0.15) is 30.0 Å². The Morgan fingerprint density at radius 2 is 1.69 bits per heavy atom. The number of carbonyl (C=O) groups is 1. The van der Waals surface area contributed by atoms with Crippen LogP contribution in [-0.4, -0.2) is 30.4 Å². The summed E-state index contributed by atoms with van der Waals surface area (Å²) in [6, 6.07) is 24.1. The summed E-state index contributed by atoms with van der Waals surface area (Å²) in [5, 5.41) is 16.0. The van der Waals surface area contributed by atoms with Crippen molar-refractivity contribution < 1.29 is 19.5 Å². The van der Waals surface area contributed by atoms with Gasteiger partial charge in [0, 0.05) is 13.1 Å². The zero-order chi connectivity index (χ0) is 22.8. The van der Waals surface area contributed by atoms with Gasteiger partial charge in [0.15, 0.2) is 0 Å². The molecule has 0 saturated heterocycles. The lowest BCUT2D eigenvalue weighted by Gasteiger charge is -2.07. The first-order valence-electron chi connectivity index (χ1n) is 10.5. The number of hydrogen-bond acceptors (Lipinski definition) is 5. The maximum Gasteiger partial charge on any atom is 0.304 e. The van der Waals surface area contributed by atoms with Crippen molar-refractivity contribution in [3.63, 3.8) is 0 Å². The van der Waals surface area contributed by atoms with E-state index in [0.29, 0.717) is 19.7 Å². The molecule has 3 rings (SSSR count). The normalized spacial score (nSPS) is 11.2. The van der Waals surface area contributed by atoms with E-state index in [9.17, 15) is 4.79 Å². The number of methoxy groups -OCH3 is 1. The van der Waals surface area contributed by atoms with E-state index in [1.165, 1.54) is 0 Å². The maximum absolute atomic E-state index is 10.5. The first kappa shape index (κ1) is 23.0. The van der Waals surface area contributed by atoms with Gasteiger partial charge in [-0.3, -0.25) is 4.79 Å². The lowest BCUT2D eigenvalue weighted by Crippen LogP contribution is -2.17. The Balaban J connectivity index is 1.50. The van der Waals surface area contributed by atoms with Crippen LogP contribution < -0.4 is 10.1 Å².